The Hall–Kier alpha value is -3.57. The number of anilines is 1. The number of halogens is 4. The number of benzene rings is 3. The largest absolute Gasteiger partial charge is 0.417 e. The Morgan fingerprint density at radius 2 is 1.49 bits per heavy atom. The monoisotopic (exact) mass is 637 g/mol. The molecule has 0 saturated carbocycles. The SMILES string of the molecule is CC[C@@H](C(=O)NC(C)C)N(Cc1ccc(C)cc1)C(=O)CN(c1ccc(Cl)c(C(F)(F)F)c1)S(=O)(=O)c1ccc(C)cc1. The van der Waals surface area contributed by atoms with Gasteiger partial charge in [0.2, 0.25) is 11.8 Å². The minimum atomic E-state index is -4.88. The van der Waals surface area contributed by atoms with Gasteiger partial charge < -0.3 is 10.2 Å². The summed E-state index contributed by atoms with van der Waals surface area (Å²) in [5, 5.41) is 2.18. The molecule has 0 aromatic heterocycles. The quantitative estimate of drug-likeness (QED) is 0.260. The van der Waals surface area contributed by atoms with Crippen molar-refractivity contribution in [2.24, 2.45) is 0 Å². The fourth-order valence-electron chi connectivity index (χ4n) is 4.44. The number of rotatable bonds is 11. The number of carbonyl (C=O) groups is 2. The maximum absolute atomic E-state index is 14.1. The molecule has 7 nitrogen and oxygen atoms in total. The first kappa shape index (κ1) is 33.9. The third-order valence-electron chi connectivity index (χ3n) is 6.72. The van der Waals surface area contributed by atoms with Crippen molar-refractivity contribution >= 4 is 39.1 Å². The topological polar surface area (TPSA) is 86.8 Å². The maximum Gasteiger partial charge on any atom is 0.417 e. The van der Waals surface area contributed by atoms with Gasteiger partial charge in [-0.15, -0.1) is 0 Å². The van der Waals surface area contributed by atoms with Crippen LogP contribution < -0.4 is 9.62 Å². The van der Waals surface area contributed by atoms with Gasteiger partial charge in [0, 0.05) is 12.6 Å². The van der Waals surface area contributed by atoms with E-state index in [0.29, 0.717) is 15.9 Å². The second kappa shape index (κ2) is 13.8. The average molecular weight is 638 g/mol. The smallest absolute Gasteiger partial charge is 0.352 e. The van der Waals surface area contributed by atoms with Gasteiger partial charge in [-0.2, -0.15) is 13.2 Å². The number of carbonyl (C=O) groups excluding carboxylic acids is 2. The lowest BCUT2D eigenvalue weighted by Gasteiger charge is -2.33. The lowest BCUT2D eigenvalue weighted by Crippen LogP contribution is -2.53. The highest BCUT2D eigenvalue weighted by molar-refractivity contribution is 7.92. The number of alkyl halides is 3. The molecule has 0 aliphatic carbocycles. The van der Waals surface area contributed by atoms with Gasteiger partial charge in [-0.25, -0.2) is 8.42 Å². The Bertz CT molecular complexity index is 1540. The molecule has 0 aliphatic heterocycles. The van der Waals surface area contributed by atoms with Crippen LogP contribution in [0.3, 0.4) is 0 Å². The van der Waals surface area contributed by atoms with Crippen LogP contribution in [0.2, 0.25) is 5.02 Å². The molecule has 43 heavy (non-hydrogen) atoms. The molecule has 3 aromatic carbocycles. The first-order chi connectivity index (χ1) is 20.0. The molecule has 0 radical (unpaired) electrons. The van der Waals surface area contributed by atoms with Gasteiger partial charge in [-0.05, 0) is 70.0 Å². The van der Waals surface area contributed by atoms with Crippen LogP contribution in [-0.4, -0.2) is 43.8 Å². The van der Waals surface area contributed by atoms with E-state index < -0.39 is 56.9 Å². The highest BCUT2D eigenvalue weighted by atomic mass is 35.5. The molecule has 0 fully saturated rings. The summed E-state index contributed by atoms with van der Waals surface area (Å²) in [4.78, 5) is 28.3. The summed E-state index contributed by atoms with van der Waals surface area (Å²) in [6.45, 7) is 8.00. The minimum absolute atomic E-state index is 0.0318. The lowest BCUT2D eigenvalue weighted by atomic mass is 10.1. The van der Waals surface area contributed by atoms with Crippen molar-refractivity contribution in [2.75, 3.05) is 10.8 Å². The molecular formula is C31H35ClF3N3O4S. The molecule has 232 valence electrons. The maximum atomic E-state index is 14.1. The predicted octanol–water partition coefficient (Wildman–Crippen LogP) is 6.50. The van der Waals surface area contributed by atoms with E-state index in [1.54, 1.807) is 52.0 Å². The van der Waals surface area contributed by atoms with Crippen molar-refractivity contribution in [3.63, 3.8) is 0 Å². The summed E-state index contributed by atoms with van der Waals surface area (Å²) >= 11 is 5.82. The zero-order chi connectivity index (χ0) is 32.1. The lowest BCUT2D eigenvalue weighted by molar-refractivity contribution is -0.140. The molecule has 3 rings (SSSR count). The molecule has 3 aromatic rings. The molecular weight excluding hydrogens is 603 g/mol. The van der Waals surface area contributed by atoms with Gasteiger partial charge in [0.05, 0.1) is 21.2 Å². The fourth-order valence-corrected chi connectivity index (χ4v) is 6.07. The number of sulfonamides is 1. The minimum Gasteiger partial charge on any atom is -0.352 e. The van der Waals surface area contributed by atoms with Crippen molar-refractivity contribution in [3.8, 4) is 0 Å². The van der Waals surface area contributed by atoms with Gasteiger partial charge >= 0.3 is 6.18 Å². The van der Waals surface area contributed by atoms with Gasteiger partial charge in [0.25, 0.3) is 10.0 Å². The molecule has 0 bridgehead atoms. The van der Waals surface area contributed by atoms with Crippen LogP contribution in [0.25, 0.3) is 0 Å². The number of nitrogens with one attached hydrogen (secondary N) is 1. The van der Waals surface area contributed by atoms with E-state index in [2.05, 4.69) is 5.32 Å². The van der Waals surface area contributed by atoms with Crippen LogP contribution in [0.5, 0.6) is 0 Å². The average Bonchev–Trinajstić information content (AvgIpc) is 2.92. The van der Waals surface area contributed by atoms with Gasteiger partial charge in [0.1, 0.15) is 12.6 Å². The van der Waals surface area contributed by atoms with E-state index in [1.165, 1.54) is 17.0 Å². The van der Waals surface area contributed by atoms with Gasteiger partial charge in [-0.1, -0.05) is 66.0 Å². The molecule has 12 heteroatoms. The Morgan fingerprint density at radius 1 is 0.930 bits per heavy atom. The zero-order valence-electron chi connectivity index (χ0n) is 24.6. The molecule has 0 heterocycles. The first-order valence-corrected chi connectivity index (χ1v) is 15.5. The Kier molecular flexibility index (Phi) is 10.9. The summed E-state index contributed by atoms with van der Waals surface area (Å²) in [7, 11) is -4.55. The van der Waals surface area contributed by atoms with E-state index in [-0.39, 0.29) is 23.9 Å². The Balaban J connectivity index is 2.15. The summed E-state index contributed by atoms with van der Waals surface area (Å²) in [5.74, 6) is -1.21. The van der Waals surface area contributed by atoms with Crippen LogP contribution in [0.4, 0.5) is 18.9 Å². The van der Waals surface area contributed by atoms with E-state index in [0.717, 1.165) is 23.3 Å². The zero-order valence-corrected chi connectivity index (χ0v) is 26.1. The Labute approximate surface area is 255 Å². The van der Waals surface area contributed by atoms with Gasteiger partial charge in [-0.3, -0.25) is 13.9 Å². The van der Waals surface area contributed by atoms with Crippen molar-refractivity contribution in [1.29, 1.82) is 0 Å². The van der Waals surface area contributed by atoms with E-state index in [1.807, 2.05) is 19.1 Å². The third kappa shape index (κ3) is 8.51. The first-order valence-electron chi connectivity index (χ1n) is 13.7. The van der Waals surface area contributed by atoms with Crippen molar-refractivity contribution in [3.05, 3.63) is 94.0 Å². The van der Waals surface area contributed by atoms with E-state index >= 15 is 0 Å². The number of amides is 2. The molecule has 2 amide bonds. The fraction of sp³-hybridized carbons (Fsp3) is 0.355. The number of hydrogen-bond acceptors (Lipinski definition) is 4. The number of hydrogen-bond donors (Lipinski definition) is 1. The molecule has 0 unspecified atom stereocenters. The molecule has 0 spiro atoms. The molecule has 0 aliphatic rings. The van der Waals surface area contributed by atoms with Crippen molar-refractivity contribution < 1.29 is 31.2 Å². The Morgan fingerprint density at radius 3 is 2.00 bits per heavy atom. The predicted molar refractivity (Wildman–Crippen MR) is 161 cm³/mol. The summed E-state index contributed by atoms with van der Waals surface area (Å²) in [6, 6.07) is 14.4. The van der Waals surface area contributed by atoms with Crippen LogP contribution in [-0.2, 0) is 32.3 Å². The second-order valence-corrected chi connectivity index (χ2v) is 12.9. The summed E-state index contributed by atoms with van der Waals surface area (Å²) in [6.07, 6.45) is -4.67. The van der Waals surface area contributed by atoms with Crippen molar-refractivity contribution in [2.45, 2.75) is 70.7 Å². The summed E-state index contributed by atoms with van der Waals surface area (Å²) < 4.78 is 69.8. The standard InChI is InChI=1S/C31H35ClF3N3O4S/c1-6-28(30(40)36-20(2)3)37(18-23-11-7-21(4)8-12-23)29(39)19-38(43(41,42)25-14-9-22(5)10-15-25)24-13-16-27(32)26(17-24)31(33,34)35/h7-17,20,28H,6,18-19H2,1-5H3,(H,36,40)/t28-/m0/s1. The molecule has 1 atom stereocenters. The molecule has 1 N–H and O–H groups in total. The summed E-state index contributed by atoms with van der Waals surface area (Å²) in [5.41, 5.74) is 0.778. The normalized spacial score (nSPS) is 12.6. The number of aryl methyl sites for hydroxylation is 2. The highest BCUT2D eigenvalue weighted by Crippen LogP contribution is 2.38. The highest BCUT2D eigenvalue weighted by Gasteiger charge is 2.37. The van der Waals surface area contributed by atoms with Crippen LogP contribution in [0.1, 0.15) is 49.4 Å². The van der Waals surface area contributed by atoms with Gasteiger partial charge in [0.15, 0.2) is 0 Å². The number of nitrogens with zero attached hydrogens (tertiary/aromatic N) is 2. The van der Waals surface area contributed by atoms with Crippen LogP contribution >= 0.6 is 11.6 Å². The van der Waals surface area contributed by atoms with Crippen molar-refractivity contribution in [1.82, 2.24) is 10.2 Å². The van der Waals surface area contributed by atoms with E-state index in [9.17, 15) is 31.2 Å². The van der Waals surface area contributed by atoms with Crippen LogP contribution in [0, 0.1) is 13.8 Å². The van der Waals surface area contributed by atoms with Crippen LogP contribution in [0.15, 0.2) is 71.6 Å². The second-order valence-electron chi connectivity index (χ2n) is 10.6. The molecule has 0 saturated heterocycles. The van der Waals surface area contributed by atoms with E-state index in [4.69, 9.17) is 11.6 Å². The third-order valence-corrected chi connectivity index (χ3v) is 8.84.